The number of benzene rings is 6. The predicted octanol–water partition coefficient (Wildman–Crippen LogP) is 11.0. The first-order valence-electron chi connectivity index (χ1n) is 15.4. The number of fused-ring (bicyclic) bond motifs is 1. The second kappa shape index (κ2) is 12.4. The molecule has 2 nitrogen and oxygen atoms in total. The maximum atomic E-state index is 2.44. The highest BCUT2D eigenvalue weighted by molar-refractivity contribution is 6.03. The number of para-hydroxylation sites is 2. The lowest BCUT2D eigenvalue weighted by Crippen LogP contribution is -2.36. The molecule has 0 amide bonds. The van der Waals surface area contributed by atoms with Gasteiger partial charge in [0.25, 0.3) is 0 Å². The Morgan fingerprint density at radius 1 is 0.477 bits per heavy atom. The van der Waals surface area contributed by atoms with Crippen molar-refractivity contribution in [2.24, 2.45) is 0 Å². The van der Waals surface area contributed by atoms with Gasteiger partial charge in [0, 0.05) is 39.8 Å². The van der Waals surface area contributed by atoms with Crippen LogP contribution in [0.1, 0.15) is 13.3 Å². The zero-order chi connectivity index (χ0) is 29.7. The van der Waals surface area contributed by atoms with E-state index in [1.807, 2.05) is 0 Å². The SMILES string of the molecule is CCC[n+]1cc2ccc(-c3ccc(N(c4ccccc4)c4ccccc4)cc3)cc2c(-c2ccccc2)c1-c1ccccc1. The van der Waals surface area contributed by atoms with Gasteiger partial charge in [0.05, 0.1) is 5.56 Å². The Bertz CT molecular complexity index is 1940. The summed E-state index contributed by atoms with van der Waals surface area (Å²) in [4.78, 5) is 2.30. The monoisotopic (exact) mass is 567 g/mol. The molecule has 0 atom stereocenters. The van der Waals surface area contributed by atoms with Crippen LogP contribution in [0.5, 0.6) is 0 Å². The van der Waals surface area contributed by atoms with Crippen LogP contribution < -0.4 is 9.47 Å². The van der Waals surface area contributed by atoms with Crippen LogP contribution in [0.3, 0.4) is 0 Å². The van der Waals surface area contributed by atoms with Crippen LogP contribution in [0.25, 0.3) is 44.3 Å². The van der Waals surface area contributed by atoms with E-state index in [4.69, 9.17) is 0 Å². The summed E-state index contributed by atoms with van der Waals surface area (Å²) >= 11 is 0. The van der Waals surface area contributed by atoms with Gasteiger partial charge in [0.15, 0.2) is 6.20 Å². The first-order valence-corrected chi connectivity index (χ1v) is 15.4. The highest BCUT2D eigenvalue weighted by Gasteiger charge is 2.23. The van der Waals surface area contributed by atoms with Crippen LogP contribution in [0.2, 0.25) is 0 Å². The van der Waals surface area contributed by atoms with E-state index in [1.54, 1.807) is 0 Å². The minimum atomic E-state index is 0.961. The molecule has 2 heteroatoms. The smallest absolute Gasteiger partial charge is 0.221 e. The molecular weight excluding hydrogens is 532 g/mol. The topological polar surface area (TPSA) is 7.12 Å². The molecule has 0 saturated carbocycles. The predicted molar refractivity (Wildman–Crippen MR) is 185 cm³/mol. The Kier molecular flexibility index (Phi) is 7.72. The average molecular weight is 568 g/mol. The minimum absolute atomic E-state index is 0.961. The number of nitrogens with zero attached hydrogens (tertiary/aromatic N) is 2. The largest absolute Gasteiger partial charge is 0.311 e. The molecule has 0 aliphatic heterocycles. The summed E-state index contributed by atoms with van der Waals surface area (Å²) in [6.45, 7) is 3.21. The summed E-state index contributed by atoms with van der Waals surface area (Å²) in [5.41, 5.74) is 10.8. The van der Waals surface area contributed by atoms with Gasteiger partial charge in [-0.15, -0.1) is 0 Å². The van der Waals surface area contributed by atoms with Crippen LogP contribution in [0, 0.1) is 0 Å². The highest BCUT2D eigenvalue weighted by atomic mass is 15.1. The molecule has 0 spiro atoms. The van der Waals surface area contributed by atoms with Gasteiger partial charge in [-0.1, -0.05) is 110 Å². The number of hydrogen-bond donors (Lipinski definition) is 0. The van der Waals surface area contributed by atoms with E-state index in [-0.39, 0.29) is 0 Å². The summed E-state index contributed by atoms with van der Waals surface area (Å²) in [6.07, 6.45) is 3.40. The summed E-state index contributed by atoms with van der Waals surface area (Å²) in [6, 6.07) is 58.7. The molecular formula is C42H35N2+. The zero-order valence-electron chi connectivity index (χ0n) is 25.0. The molecule has 44 heavy (non-hydrogen) atoms. The Labute approximate surface area is 260 Å². The third-order valence-electron chi connectivity index (χ3n) is 8.20. The molecule has 1 heterocycles. The van der Waals surface area contributed by atoms with Crippen LogP contribution in [0.15, 0.2) is 170 Å². The van der Waals surface area contributed by atoms with Crippen molar-refractivity contribution < 1.29 is 4.57 Å². The number of rotatable bonds is 8. The second-order valence-corrected chi connectivity index (χ2v) is 11.1. The normalized spacial score (nSPS) is 11.0. The van der Waals surface area contributed by atoms with Gasteiger partial charge in [-0.05, 0) is 77.4 Å². The van der Waals surface area contributed by atoms with Crippen molar-refractivity contribution in [3.05, 3.63) is 170 Å². The molecule has 0 unspecified atom stereocenters. The number of hydrogen-bond acceptors (Lipinski definition) is 1. The standard InChI is InChI=1S/C42H35N2/c1-2-29-43-31-36-24-23-35(30-40(36)41(33-15-7-3-8-16-33)42(43)34-17-9-4-10-18-34)32-25-27-39(28-26-32)44(37-19-11-5-12-20-37)38-21-13-6-14-22-38/h3-28,30-31H,2,29H2,1H3/q+1. The molecule has 0 saturated heterocycles. The van der Waals surface area contributed by atoms with E-state index in [9.17, 15) is 0 Å². The molecule has 0 fully saturated rings. The van der Waals surface area contributed by atoms with Crippen molar-refractivity contribution in [1.29, 1.82) is 0 Å². The van der Waals surface area contributed by atoms with Crippen LogP contribution in [-0.2, 0) is 6.54 Å². The summed E-state index contributed by atoms with van der Waals surface area (Å²) in [7, 11) is 0. The molecule has 0 N–H and O–H groups in total. The van der Waals surface area contributed by atoms with Crippen molar-refractivity contribution in [2.75, 3.05) is 4.90 Å². The Morgan fingerprint density at radius 2 is 0.977 bits per heavy atom. The van der Waals surface area contributed by atoms with Gasteiger partial charge < -0.3 is 4.90 Å². The third kappa shape index (κ3) is 5.39. The van der Waals surface area contributed by atoms with E-state index in [1.165, 1.54) is 44.3 Å². The average Bonchev–Trinajstić information content (AvgIpc) is 3.10. The molecule has 6 aromatic carbocycles. The molecule has 0 aliphatic rings. The summed E-state index contributed by atoms with van der Waals surface area (Å²) in [5.74, 6) is 0. The van der Waals surface area contributed by atoms with Gasteiger partial charge >= 0.3 is 0 Å². The fourth-order valence-electron chi connectivity index (χ4n) is 6.19. The van der Waals surface area contributed by atoms with Gasteiger partial charge in [0.1, 0.15) is 6.54 Å². The van der Waals surface area contributed by atoms with E-state index in [0.29, 0.717) is 0 Å². The zero-order valence-corrected chi connectivity index (χ0v) is 25.0. The lowest BCUT2D eigenvalue weighted by atomic mass is 9.91. The summed E-state index contributed by atoms with van der Waals surface area (Å²) in [5, 5.41) is 2.51. The fourth-order valence-corrected chi connectivity index (χ4v) is 6.19. The first-order chi connectivity index (χ1) is 21.8. The molecule has 1 aromatic heterocycles. The molecule has 0 radical (unpaired) electrons. The van der Waals surface area contributed by atoms with E-state index < -0.39 is 0 Å². The second-order valence-electron chi connectivity index (χ2n) is 11.1. The number of aryl methyl sites for hydroxylation is 1. The van der Waals surface area contributed by atoms with Crippen LogP contribution >= 0.6 is 0 Å². The Hall–Kier alpha value is -5.47. The fraction of sp³-hybridized carbons (Fsp3) is 0.0714. The minimum Gasteiger partial charge on any atom is -0.311 e. The Morgan fingerprint density at radius 3 is 1.55 bits per heavy atom. The lowest BCUT2D eigenvalue weighted by molar-refractivity contribution is -0.684. The summed E-state index contributed by atoms with van der Waals surface area (Å²) < 4.78 is 2.44. The Balaban J connectivity index is 1.37. The quantitative estimate of drug-likeness (QED) is 0.166. The molecule has 7 aromatic rings. The van der Waals surface area contributed by atoms with Gasteiger partial charge in [0.2, 0.25) is 5.69 Å². The van der Waals surface area contributed by atoms with Crippen LogP contribution in [0.4, 0.5) is 17.1 Å². The van der Waals surface area contributed by atoms with Crippen LogP contribution in [-0.4, -0.2) is 0 Å². The van der Waals surface area contributed by atoms with Crippen molar-refractivity contribution in [2.45, 2.75) is 19.9 Å². The van der Waals surface area contributed by atoms with Crippen molar-refractivity contribution in [3.63, 3.8) is 0 Å². The highest BCUT2D eigenvalue weighted by Crippen LogP contribution is 2.39. The number of aromatic nitrogens is 1. The maximum Gasteiger partial charge on any atom is 0.221 e. The third-order valence-corrected chi connectivity index (χ3v) is 8.20. The first kappa shape index (κ1) is 27.4. The van der Waals surface area contributed by atoms with E-state index in [0.717, 1.165) is 30.0 Å². The molecule has 7 rings (SSSR count). The van der Waals surface area contributed by atoms with Crippen molar-refractivity contribution in [1.82, 2.24) is 0 Å². The maximum absolute atomic E-state index is 2.44. The van der Waals surface area contributed by atoms with Crippen molar-refractivity contribution in [3.8, 4) is 33.5 Å². The molecule has 0 aliphatic carbocycles. The lowest BCUT2D eigenvalue weighted by Gasteiger charge is -2.25. The van der Waals surface area contributed by atoms with Gasteiger partial charge in [-0.3, -0.25) is 0 Å². The van der Waals surface area contributed by atoms with E-state index >= 15 is 0 Å². The van der Waals surface area contributed by atoms with Gasteiger partial charge in [-0.25, -0.2) is 0 Å². The van der Waals surface area contributed by atoms with Gasteiger partial charge in [-0.2, -0.15) is 4.57 Å². The molecule has 212 valence electrons. The number of pyridine rings is 1. The molecule has 0 bridgehead atoms. The number of anilines is 3. The van der Waals surface area contributed by atoms with Crippen molar-refractivity contribution >= 4 is 27.8 Å². The van der Waals surface area contributed by atoms with E-state index in [2.05, 4.69) is 186 Å².